The SMILES string of the molecule is Cc1[nH]c2ccoc2c1C. The van der Waals surface area contributed by atoms with Crippen LogP contribution in [0.3, 0.4) is 0 Å². The average molecular weight is 135 g/mol. The first-order valence-electron chi connectivity index (χ1n) is 3.31. The van der Waals surface area contributed by atoms with Crippen molar-refractivity contribution in [1.82, 2.24) is 4.98 Å². The molecule has 10 heavy (non-hydrogen) atoms. The largest absolute Gasteiger partial charge is 0.462 e. The van der Waals surface area contributed by atoms with Gasteiger partial charge in [0.05, 0.1) is 11.8 Å². The molecule has 2 aromatic rings. The first-order chi connectivity index (χ1) is 4.79. The molecule has 52 valence electrons. The third-order valence-electron chi connectivity index (χ3n) is 1.89. The monoisotopic (exact) mass is 135 g/mol. The highest BCUT2D eigenvalue weighted by molar-refractivity contribution is 5.78. The van der Waals surface area contributed by atoms with Gasteiger partial charge in [-0.05, 0) is 13.8 Å². The van der Waals surface area contributed by atoms with Crippen molar-refractivity contribution in [1.29, 1.82) is 0 Å². The molecule has 0 spiro atoms. The van der Waals surface area contributed by atoms with Gasteiger partial charge < -0.3 is 9.40 Å². The fraction of sp³-hybridized carbons (Fsp3) is 0.250. The van der Waals surface area contributed by atoms with Crippen LogP contribution in [0.1, 0.15) is 11.3 Å². The van der Waals surface area contributed by atoms with Gasteiger partial charge in [0.1, 0.15) is 0 Å². The lowest BCUT2D eigenvalue weighted by Gasteiger charge is -1.84. The maximum atomic E-state index is 5.24. The molecule has 2 rings (SSSR count). The van der Waals surface area contributed by atoms with Gasteiger partial charge in [-0.15, -0.1) is 0 Å². The van der Waals surface area contributed by atoms with Gasteiger partial charge in [0.2, 0.25) is 0 Å². The van der Waals surface area contributed by atoms with Crippen molar-refractivity contribution in [3.05, 3.63) is 23.6 Å². The highest BCUT2D eigenvalue weighted by atomic mass is 16.3. The zero-order chi connectivity index (χ0) is 7.14. The molecule has 0 radical (unpaired) electrons. The highest BCUT2D eigenvalue weighted by Crippen LogP contribution is 2.21. The Morgan fingerprint density at radius 3 is 2.90 bits per heavy atom. The van der Waals surface area contributed by atoms with Crippen molar-refractivity contribution in [3.8, 4) is 0 Å². The molecule has 0 bridgehead atoms. The third-order valence-corrected chi connectivity index (χ3v) is 1.89. The van der Waals surface area contributed by atoms with Crippen LogP contribution in [-0.4, -0.2) is 4.98 Å². The van der Waals surface area contributed by atoms with Gasteiger partial charge in [-0.3, -0.25) is 0 Å². The van der Waals surface area contributed by atoms with E-state index in [0.29, 0.717) is 0 Å². The van der Waals surface area contributed by atoms with Gasteiger partial charge in [-0.2, -0.15) is 0 Å². The molecule has 0 saturated carbocycles. The predicted octanol–water partition coefficient (Wildman–Crippen LogP) is 2.38. The molecule has 2 aromatic heterocycles. The topological polar surface area (TPSA) is 28.9 Å². The first-order valence-corrected chi connectivity index (χ1v) is 3.31. The molecular weight excluding hydrogens is 126 g/mol. The molecule has 0 unspecified atom stereocenters. The van der Waals surface area contributed by atoms with Crippen LogP contribution in [-0.2, 0) is 0 Å². The summed E-state index contributed by atoms with van der Waals surface area (Å²) in [6.45, 7) is 4.10. The highest BCUT2D eigenvalue weighted by Gasteiger charge is 2.04. The summed E-state index contributed by atoms with van der Waals surface area (Å²) in [6, 6.07) is 1.94. The van der Waals surface area contributed by atoms with Crippen molar-refractivity contribution in [2.24, 2.45) is 0 Å². The molecule has 2 heterocycles. The fourth-order valence-corrected chi connectivity index (χ4v) is 1.16. The fourth-order valence-electron chi connectivity index (χ4n) is 1.16. The number of aromatic amines is 1. The van der Waals surface area contributed by atoms with Gasteiger partial charge in [-0.25, -0.2) is 0 Å². The maximum absolute atomic E-state index is 5.24. The first kappa shape index (κ1) is 5.59. The Bertz CT molecular complexity index is 356. The summed E-state index contributed by atoms with van der Waals surface area (Å²) < 4.78 is 5.24. The minimum Gasteiger partial charge on any atom is -0.462 e. The van der Waals surface area contributed by atoms with Gasteiger partial charge in [-0.1, -0.05) is 0 Å². The minimum absolute atomic E-state index is 0.984. The third kappa shape index (κ3) is 0.533. The van der Waals surface area contributed by atoms with Crippen LogP contribution in [0.4, 0.5) is 0 Å². The molecule has 2 heteroatoms. The van der Waals surface area contributed by atoms with E-state index in [-0.39, 0.29) is 0 Å². The number of fused-ring (bicyclic) bond motifs is 1. The number of furan rings is 1. The van der Waals surface area contributed by atoms with E-state index >= 15 is 0 Å². The van der Waals surface area contributed by atoms with Crippen LogP contribution in [0.5, 0.6) is 0 Å². The van der Waals surface area contributed by atoms with Gasteiger partial charge in [0, 0.05) is 17.3 Å². The van der Waals surface area contributed by atoms with Crippen LogP contribution in [0.2, 0.25) is 0 Å². The van der Waals surface area contributed by atoms with E-state index in [2.05, 4.69) is 11.9 Å². The van der Waals surface area contributed by atoms with Crippen LogP contribution >= 0.6 is 0 Å². The zero-order valence-corrected chi connectivity index (χ0v) is 6.06. The quantitative estimate of drug-likeness (QED) is 0.590. The van der Waals surface area contributed by atoms with Crippen LogP contribution in [0, 0.1) is 13.8 Å². The number of rotatable bonds is 0. The zero-order valence-electron chi connectivity index (χ0n) is 6.06. The number of aryl methyl sites for hydroxylation is 2. The molecule has 0 aliphatic carbocycles. The summed E-state index contributed by atoms with van der Waals surface area (Å²) in [5, 5.41) is 0. The minimum atomic E-state index is 0.984. The van der Waals surface area contributed by atoms with Crippen molar-refractivity contribution < 1.29 is 4.42 Å². The molecular formula is C8H9NO. The summed E-state index contributed by atoms with van der Waals surface area (Å²) in [5.41, 5.74) is 4.47. The number of H-pyrrole nitrogens is 1. The second-order valence-electron chi connectivity index (χ2n) is 2.54. The lowest BCUT2D eigenvalue weighted by atomic mass is 10.3. The molecule has 0 saturated heterocycles. The molecule has 0 aromatic carbocycles. The van der Waals surface area contributed by atoms with Crippen molar-refractivity contribution in [2.75, 3.05) is 0 Å². The Kier molecular flexibility index (Phi) is 0.926. The van der Waals surface area contributed by atoms with Crippen molar-refractivity contribution in [3.63, 3.8) is 0 Å². The van der Waals surface area contributed by atoms with Crippen LogP contribution in [0.15, 0.2) is 16.7 Å². The molecule has 0 aliphatic heterocycles. The second kappa shape index (κ2) is 1.66. The Hall–Kier alpha value is -1.18. The van der Waals surface area contributed by atoms with Gasteiger partial charge >= 0.3 is 0 Å². The Morgan fingerprint density at radius 2 is 2.20 bits per heavy atom. The standard InChI is InChI=1S/C8H9NO/c1-5-6(2)9-7-3-4-10-8(5)7/h3-4,9H,1-2H3. The molecule has 1 N–H and O–H groups in total. The summed E-state index contributed by atoms with van der Waals surface area (Å²) in [4.78, 5) is 3.21. The van der Waals surface area contributed by atoms with E-state index < -0.39 is 0 Å². The Morgan fingerprint density at radius 1 is 1.40 bits per heavy atom. The number of hydrogen-bond acceptors (Lipinski definition) is 1. The maximum Gasteiger partial charge on any atom is 0.154 e. The molecule has 0 aliphatic rings. The van der Waals surface area contributed by atoms with E-state index in [1.165, 1.54) is 11.3 Å². The summed E-state index contributed by atoms with van der Waals surface area (Å²) in [7, 11) is 0. The average Bonchev–Trinajstić information content (AvgIpc) is 2.41. The van der Waals surface area contributed by atoms with Gasteiger partial charge in [0.15, 0.2) is 5.58 Å². The Labute approximate surface area is 58.8 Å². The van der Waals surface area contributed by atoms with E-state index in [0.717, 1.165) is 11.1 Å². The normalized spacial score (nSPS) is 11.0. The summed E-state index contributed by atoms with van der Waals surface area (Å²) in [5.74, 6) is 0. The summed E-state index contributed by atoms with van der Waals surface area (Å²) in [6.07, 6.45) is 1.70. The van der Waals surface area contributed by atoms with Crippen molar-refractivity contribution in [2.45, 2.75) is 13.8 Å². The van der Waals surface area contributed by atoms with Gasteiger partial charge in [0.25, 0.3) is 0 Å². The van der Waals surface area contributed by atoms with E-state index in [1.54, 1.807) is 6.26 Å². The number of nitrogens with one attached hydrogen (secondary N) is 1. The molecule has 2 nitrogen and oxygen atoms in total. The van der Waals surface area contributed by atoms with E-state index in [9.17, 15) is 0 Å². The molecule has 0 atom stereocenters. The number of hydrogen-bond donors (Lipinski definition) is 1. The van der Waals surface area contributed by atoms with Crippen LogP contribution in [0.25, 0.3) is 11.1 Å². The molecule has 0 amide bonds. The van der Waals surface area contributed by atoms with E-state index in [1.807, 2.05) is 13.0 Å². The summed E-state index contributed by atoms with van der Waals surface area (Å²) >= 11 is 0. The second-order valence-corrected chi connectivity index (χ2v) is 2.54. The molecule has 0 fully saturated rings. The lowest BCUT2D eigenvalue weighted by Crippen LogP contribution is -1.71. The van der Waals surface area contributed by atoms with Crippen molar-refractivity contribution >= 4 is 11.1 Å². The predicted molar refractivity (Wildman–Crippen MR) is 40.0 cm³/mol. The van der Waals surface area contributed by atoms with E-state index in [4.69, 9.17) is 4.42 Å². The number of aromatic nitrogens is 1. The van der Waals surface area contributed by atoms with Crippen LogP contribution < -0.4 is 0 Å². The lowest BCUT2D eigenvalue weighted by molar-refractivity contribution is 0.613. The Balaban J connectivity index is 2.95. The smallest absolute Gasteiger partial charge is 0.154 e.